The van der Waals surface area contributed by atoms with Crippen molar-refractivity contribution in [2.24, 2.45) is 5.92 Å². The van der Waals surface area contributed by atoms with Gasteiger partial charge in [0.1, 0.15) is 0 Å². The van der Waals surface area contributed by atoms with Crippen LogP contribution >= 0.6 is 0 Å². The van der Waals surface area contributed by atoms with Crippen LogP contribution in [0.3, 0.4) is 0 Å². The summed E-state index contributed by atoms with van der Waals surface area (Å²) in [6.45, 7) is 5.11. The topological polar surface area (TPSA) is 38.1 Å². The zero-order valence-corrected chi connectivity index (χ0v) is 9.62. The zero-order valence-electron chi connectivity index (χ0n) is 9.62. The summed E-state index contributed by atoms with van der Waals surface area (Å²) in [5.41, 5.74) is 0.962. The number of hydrogen-bond donors (Lipinski definition) is 1. The van der Waals surface area contributed by atoms with Crippen LogP contribution in [0.4, 0.5) is 0 Å². The molecule has 2 unspecified atom stereocenters. The van der Waals surface area contributed by atoms with E-state index in [4.69, 9.17) is 4.52 Å². The first-order chi connectivity index (χ1) is 7.25. The van der Waals surface area contributed by atoms with Crippen LogP contribution in [-0.2, 0) is 6.54 Å². The van der Waals surface area contributed by atoms with Crippen molar-refractivity contribution >= 4 is 0 Å². The minimum atomic E-state index is 0.657. The van der Waals surface area contributed by atoms with E-state index in [-0.39, 0.29) is 0 Å². The molecule has 0 aliphatic heterocycles. The highest BCUT2D eigenvalue weighted by Crippen LogP contribution is 2.23. The first-order valence-corrected chi connectivity index (χ1v) is 5.91. The number of aromatic nitrogens is 1. The average molecular weight is 208 g/mol. The van der Waals surface area contributed by atoms with E-state index in [0.717, 1.165) is 23.9 Å². The van der Waals surface area contributed by atoms with Crippen LogP contribution in [0.1, 0.15) is 44.1 Å². The van der Waals surface area contributed by atoms with Crippen LogP contribution in [0, 0.1) is 12.8 Å². The molecule has 0 spiro atoms. The van der Waals surface area contributed by atoms with E-state index in [2.05, 4.69) is 17.4 Å². The highest BCUT2D eigenvalue weighted by Gasteiger charge is 2.20. The summed E-state index contributed by atoms with van der Waals surface area (Å²) in [6.07, 6.45) is 5.40. The maximum atomic E-state index is 5.18. The van der Waals surface area contributed by atoms with E-state index in [1.165, 1.54) is 25.7 Å². The number of aryl methyl sites for hydroxylation is 1. The molecule has 1 heterocycles. The fourth-order valence-electron chi connectivity index (χ4n) is 2.35. The van der Waals surface area contributed by atoms with Crippen molar-refractivity contribution < 1.29 is 4.52 Å². The summed E-state index contributed by atoms with van der Waals surface area (Å²) < 4.78 is 5.18. The molecule has 3 nitrogen and oxygen atoms in total. The first-order valence-electron chi connectivity index (χ1n) is 5.91. The van der Waals surface area contributed by atoms with Gasteiger partial charge < -0.3 is 9.84 Å². The van der Waals surface area contributed by atoms with E-state index < -0.39 is 0 Å². The molecule has 1 saturated carbocycles. The van der Waals surface area contributed by atoms with Gasteiger partial charge in [0, 0.05) is 12.1 Å². The lowest BCUT2D eigenvalue weighted by Crippen LogP contribution is -2.36. The summed E-state index contributed by atoms with van der Waals surface area (Å²) in [7, 11) is 0. The molecule has 2 atom stereocenters. The Morgan fingerprint density at radius 2 is 2.27 bits per heavy atom. The largest absolute Gasteiger partial charge is 0.360 e. The first kappa shape index (κ1) is 10.7. The monoisotopic (exact) mass is 208 g/mol. The molecule has 1 fully saturated rings. The molecule has 2 rings (SSSR count). The van der Waals surface area contributed by atoms with Crippen molar-refractivity contribution in [1.29, 1.82) is 0 Å². The third-order valence-electron chi connectivity index (χ3n) is 3.33. The van der Waals surface area contributed by atoms with Gasteiger partial charge in [-0.3, -0.25) is 0 Å². The van der Waals surface area contributed by atoms with Gasteiger partial charge in [-0.2, -0.15) is 0 Å². The number of nitrogens with one attached hydrogen (secondary N) is 1. The third kappa shape index (κ3) is 2.81. The molecule has 1 N–H and O–H groups in total. The summed E-state index contributed by atoms with van der Waals surface area (Å²) in [5, 5.41) is 7.45. The van der Waals surface area contributed by atoms with Crippen LogP contribution in [0.5, 0.6) is 0 Å². The molecule has 0 bridgehead atoms. The Hall–Kier alpha value is -0.830. The summed E-state index contributed by atoms with van der Waals surface area (Å²) in [4.78, 5) is 0. The van der Waals surface area contributed by atoms with Gasteiger partial charge in [-0.1, -0.05) is 24.9 Å². The Morgan fingerprint density at radius 3 is 2.93 bits per heavy atom. The Bertz CT molecular complexity index is 308. The maximum absolute atomic E-state index is 5.18. The molecule has 1 aromatic heterocycles. The highest BCUT2D eigenvalue weighted by molar-refractivity contribution is 5.02. The molecule has 15 heavy (non-hydrogen) atoms. The molecule has 0 saturated heterocycles. The number of nitrogens with zero attached hydrogens (tertiary/aromatic N) is 1. The van der Waals surface area contributed by atoms with Gasteiger partial charge in [0.2, 0.25) is 0 Å². The lowest BCUT2D eigenvalue weighted by atomic mass is 9.86. The predicted octanol–water partition coefficient (Wildman–Crippen LogP) is 2.65. The van der Waals surface area contributed by atoms with Crippen molar-refractivity contribution in [3.8, 4) is 0 Å². The van der Waals surface area contributed by atoms with Crippen molar-refractivity contribution in [2.75, 3.05) is 0 Å². The van der Waals surface area contributed by atoms with Gasteiger partial charge in [-0.15, -0.1) is 0 Å². The molecule has 1 aliphatic carbocycles. The third-order valence-corrected chi connectivity index (χ3v) is 3.33. The molecule has 0 amide bonds. The standard InChI is InChI=1S/C12H20N2O/c1-9-5-3-4-6-12(9)13-8-11-7-10(2)14-15-11/h7,9,12-13H,3-6,8H2,1-2H3. The quantitative estimate of drug-likeness (QED) is 0.829. The molecule has 1 aromatic rings. The molecule has 0 aromatic carbocycles. The number of hydrogen-bond acceptors (Lipinski definition) is 3. The molecular weight excluding hydrogens is 188 g/mol. The van der Waals surface area contributed by atoms with E-state index in [9.17, 15) is 0 Å². The lowest BCUT2D eigenvalue weighted by Gasteiger charge is -2.29. The second-order valence-electron chi connectivity index (χ2n) is 4.68. The van der Waals surface area contributed by atoms with Gasteiger partial charge >= 0.3 is 0 Å². The van der Waals surface area contributed by atoms with E-state index in [1.54, 1.807) is 0 Å². The SMILES string of the molecule is Cc1cc(CNC2CCCCC2C)on1. The number of rotatable bonds is 3. The minimum absolute atomic E-state index is 0.657. The van der Waals surface area contributed by atoms with Crippen molar-refractivity contribution in [1.82, 2.24) is 10.5 Å². The van der Waals surface area contributed by atoms with Crippen molar-refractivity contribution in [3.05, 3.63) is 17.5 Å². The second-order valence-corrected chi connectivity index (χ2v) is 4.68. The molecule has 84 valence electrons. The summed E-state index contributed by atoms with van der Waals surface area (Å²) in [5.74, 6) is 1.74. The Labute approximate surface area is 91.2 Å². The normalized spacial score (nSPS) is 26.8. The molecule has 1 aliphatic rings. The summed E-state index contributed by atoms with van der Waals surface area (Å²) >= 11 is 0. The van der Waals surface area contributed by atoms with Gasteiger partial charge in [0.05, 0.1) is 12.2 Å². The average Bonchev–Trinajstić information content (AvgIpc) is 2.63. The van der Waals surface area contributed by atoms with Gasteiger partial charge in [-0.25, -0.2) is 0 Å². The van der Waals surface area contributed by atoms with Gasteiger partial charge in [0.25, 0.3) is 0 Å². The van der Waals surface area contributed by atoms with Crippen LogP contribution in [0.2, 0.25) is 0 Å². The van der Waals surface area contributed by atoms with Crippen LogP contribution in [-0.4, -0.2) is 11.2 Å². The molecule has 3 heteroatoms. The zero-order chi connectivity index (χ0) is 10.7. The highest BCUT2D eigenvalue weighted by atomic mass is 16.5. The molecule has 0 radical (unpaired) electrons. The van der Waals surface area contributed by atoms with Crippen LogP contribution in [0.15, 0.2) is 10.6 Å². The van der Waals surface area contributed by atoms with Gasteiger partial charge in [0.15, 0.2) is 5.76 Å². The van der Waals surface area contributed by atoms with E-state index >= 15 is 0 Å². The smallest absolute Gasteiger partial charge is 0.150 e. The van der Waals surface area contributed by atoms with E-state index in [0.29, 0.717) is 6.04 Å². The Balaban J connectivity index is 1.81. The second kappa shape index (κ2) is 4.79. The van der Waals surface area contributed by atoms with Crippen molar-refractivity contribution in [2.45, 2.75) is 52.1 Å². The van der Waals surface area contributed by atoms with Gasteiger partial charge in [-0.05, 0) is 25.7 Å². The fraction of sp³-hybridized carbons (Fsp3) is 0.750. The minimum Gasteiger partial charge on any atom is -0.360 e. The summed E-state index contributed by atoms with van der Waals surface area (Å²) in [6, 6.07) is 2.66. The van der Waals surface area contributed by atoms with Crippen LogP contribution in [0.25, 0.3) is 0 Å². The fourth-order valence-corrected chi connectivity index (χ4v) is 2.35. The predicted molar refractivity (Wildman–Crippen MR) is 59.5 cm³/mol. The molecular formula is C12H20N2O. The Kier molecular flexibility index (Phi) is 3.41. The Morgan fingerprint density at radius 1 is 1.47 bits per heavy atom. The van der Waals surface area contributed by atoms with Crippen LogP contribution < -0.4 is 5.32 Å². The van der Waals surface area contributed by atoms with E-state index in [1.807, 2.05) is 13.0 Å². The lowest BCUT2D eigenvalue weighted by molar-refractivity contribution is 0.267. The van der Waals surface area contributed by atoms with Crippen molar-refractivity contribution in [3.63, 3.8) is 0 Å². The maximum Gasteiger partial charge on any atom is 0.150 e.